The molecule has 8 rings (SSSR count). The van der Waals surface area contributed by atoms with E-state index in [1.54, 1.807) is 22.3 Å². The zero-order valence-corrected chi connectivity index (χ0v) is 33.7. The number of fused-ring (bicyclic) bond motifs is 2. The summed E-state index contributed by atoms with van der Waals surface area (Å²) in [7, 11) is -5.10. The second-order valence-electron chi connectivity index (χ2n) is 15.2. The summed E-state index contributed by atoms with van der Waals surface area (Å²) in [5.41, 5.74) is 10.4. The van der Waals surface area contributed by atoms with E-state index in [1.165, 1.54) is 109 Å². The summed E-state index contributed by atoms with van der Waals surface area (Å²) >= 11 is 0. The van der Waals surface area contributed by atoms with Gasteiger partial charge in [-0.15, -0.1) is 10.2 Å². The largest absolute Gasteiger partial charge is 0.222 e. The van der Waals surface area contributed by atoms with Gasteiger partial charge in [0.2, 0.25) is 0 Å². The maximum Gasteiger partial charge on any atom is 0 e. The second-order valence-corrected chi connectivity index (χ2v) is 21.5. The Balaban J connectivity index is 0.000000303. The van der Waals surface area contributed by atoms with Crippen LogP contribution in [0.25, 0.3) is 11.1 Å². The first-order valence-electron chi connectivity index (χ1n) is 18.9. The fraction of sp³-hybridized carbons (Fsp3) is 0.610. The molecular weight excluding hydrogens is 757 g/mol. The number of allylic oxidation sites excluding steroid dienone is 4. The third-order valence-electron chi connectivity index (χ3n) is 11.9. The Morgan fingerprint density at radius 3 is 0.980 bits per heavy atom. The van der Waals surface area contributed by atoms with Crippen molar-refractivity contribution in [3.8, 4) is 11.1 Å². The van der Waals surface area contributed by atoms with Gasteiger partial charge in [-0.1, -0.05) is 128 Å². The van der Waals surface area contributed by atoms with Crippen molar-refractivity contribution in [3.63, 3.8) is 0 Å². The molecule has 0 N–H and O–H groups in total. The van der Waals surface area contributed by atoms with Crippen LogP contribution < -0.4 is 29.2 Å². The zero-order valence-electron chi connectivity index (χ0n) is 29.5. The van der Waals surface area contributed by atoms with Gasteiger partial charge in [0.1, 0.15) is 0 Å². The van der Waals surface area contributed by atoms with E-state index in [0.717, 1.165) is 34.5 Å². The number of hydrogen-bond donors (Lipinski definition) is 0. The van der Waals surface area contributed by atoms with E-state index in [0.29, 0.717) is 0 Å². The Morgan fingerprint density at radius 2 is 0.755 bits per heavy atom. The van der Waals surface area contributed by atoms with Crippen LogP contribution in [0.4, 0.5) is 0 Å². The van der Waals surface area contributed by atoms with Crippen LogP contribution in [0.2, 0.25) is 0 Å². The van der Waals surface area contributed by atoms with Crippen molar-refractivity contribution >= 4 is 26.5 Å². The summed E-state index contributed by atoms with van der Waals surface area (Å²) in [4.78, 5) is 0. The zero-order chi connectivity index (χ0) is 33.7. The molecule has 271 valence electrons. The molecule has 2 aromatic carbocycles. The molecule has 0 aliphatic heterocycles. The van der Waals surface area contributed by atoms with Gasteiger partial charge in [0.15, 0.2) is 0 Å². The molecule has 6 aliphatic carbocycles. The minimum atomic E-state index is -4.94. The van der Waals surface area contributed by atoms with E-state index in [2.05, 4.69) is 74.5 Å². The van der Waals surface area contributed by atoms with Gasteiger partial charge in [-0.3, -0.25) is 0 Å². The van der Waals surface area contributed by atoms with Crippen LogP contribution in [0.1, 0.15) is 120 Å². The normalized spacial score (nSPS) is 24.1. The van der Waals surface area contributed by atoms with Crippen molar-refractivity contribution < 1.29 is 48.4 Å². The Labute approximate surface area is 313 Å². The van der Waals surface area contributed by atoms with Crippen LogP contribution in [0, 0.1) is 35.9 Å². The molecule has 4 nitrogen and oxygen atoms in total. The quantitative estimate of drug-likeness (QED) is 0.172. The molecule has 2 aromatic rings. The molecule has 2 bridgehead atoms. The van der Waals surface area contributed by atoms with Crippen LogP contribution in [-0.2, 0) is 19.5 Å². The molecule has 0 unspecified atom stereocenters. The number of aryl methyl sites for hydroxylation is 2. The monoisotopic (exact) mass is 812 g/mol. The average molecular weight is 813 g/mol. The molecule has 0 aromatic heterocycles. The Morgan fingerprint density at radius 1 is 0.490 bits per heavy atom. The van der Waals surface area contributed by atoms with E-state index < -0.39 is 10.2 Å². The van der Waals surface area contributed by atoms with E-state index in [-0.39, 0.29) is 35.3 Å². The van der Waals surface area contributed by atoms with E-state index in [9.17, 15) is 0 Å². The number of rotatable bonds is 7. The molecule has 1 radical (unpaired) electrons. The van der Waals surface area contributed by atoms with Crippen LogP contribution in [0.3, 0.4) is 0 Å². The molecule has 0 heterocycles. The number of benzene rings is 2. The van der Waals surface area contributed by atoms with Gasteiger partial charge >= 0.3 is 0 Å². The molecule has 0 atom stereocenters. The maximum atomic E-state index is 8.49. The fourth-order valence-electron chi connectivity index (χ4n) is 9.83. The molecule has 4 fully saturated rings. The van der Waals surface area contributed by atoms with Gasteiger partial charge in [-0.25, -0.2) is 18.6 Å². The van der Waals surface area contributed by atoms with Crippen molar-refractivity contribution in [2.24, 2.45) is 11.8 Å². The molecule has 6 aliphatic rings. The molecular formula is C41H56ClO4P2Rh-. The van der Waals surface area contributed by atoms with Crippen molar-refractivity contribution in [1.29, 1.82) is 0 Å². The smallest absolute Gasteiger partial charge is 0 e. The third-order valence-corrected chi connectivity index (χ3v) is 19.0. The fourth-order valence-corrected chi connectivity index (χ4v) is 17.9. The minimum absolute atomic E-state index is 0. The van der Waals surface area contributed by atoms with Gasteiger partial charge in [-0.05, 0) is 139 Å². The summed E-state index contributed by atoms with van der Waals surface area (Å²) in [6.07, 6.45) is 34.3. The standard InChI is InChI=1S/C34H48P2.C7H8.ClHO4.Rh/c1-25-13-11-23-31(35(27-15-3-4-16-27)28-17-5-6-18-28)33(25)34-26(2)14-12-24-32(34)36(29-19-7-8-20-29)30-21-9-10-22-30;1-2-7-4-3-6(1)5-7;2-1(3,4)5;/h11-14,23-24,27-30H,3-10,15-22H2,1-2H3;1-4,6-7H,5H2;(H,2,3,4,5);/p-1. The van der Waals surface area contributed by atoms with Crippen molar-refractivity contribution in [2.75, 3.05) is 0 Å². The number of hydrogen-bond acceptors (Lipinski definition) is 4. The van der Waals surface area contributed by atoms with Gasteiger partial charge in [0, 0.05) is 19.5 Å². The molecule has 4 saturated carbocycles. The van der Waals surface area contributed by atoms with E-state index >= 15 is 0 Å². The van der Waals surface area contributed by atoms with Crippen LogP contribution in [-0.4, -0.2) is 22.6 Å². The average Bonchev–Trinajstić information content (AvgIpc) is 3.90. The SMILES string of the molecule is C1=CC2C=CC1C2.Cc1cccc(P(C2CCCC2)C2CCCC2)c1-c1c(C)cccc1P(C1CCCC1)C1CCCC1.[O-][Cl+3]([O-])([O-])[O-].[Rh]. The first-order chi connectivity index (χ1) is 23.2. The van der Waals surface area contributed by atoms with Crippen molar-refractivity contribution in [1.82, 2.24) is 0 Å². The number of halogens is 1. The maximum absolute atomic E-state index is 8.49. The summed E-state index contributed by atoms with van der Waals surface area (Å²) in [5.74, 6) is 1.62. The molecule has 8 heteroatoms. The van der Waals surface area contributed by atoms with Crippen LogP contribution >= 0.6 is 15.8 Å². The topological polar surface area (TPSA) is 92.2 Å². The summed E-state index contributed by atoms with van der Waals surface area (Å²) in [6.45, 7) is 4.89. The van der Waals surface area contributed by atoms with Gasteiger partial charge in [0.05, 0.1) is 0 Å². The van der Waals surface area contributed by atoms with Crippen LogP contribution in [0.15, 0.2) is 60.7 Å². The molecule has 49 heavy (non-hydrogen) atoms. The van der Waals surface area contributed by atoms with Gasteiger partial charge in [-0.2, -0.15) is 0 Å². The molecule has 0 spiro atoms. The third kappa shape index (κ3) is 10.4. The van der Waals surface area contributed by atoms with E-state index in [4.69, 9.17) is 18.6 Å². The van der Waals surface area contributed by atoms with E-state index in [1.807, 2.05) is 10.6 Å². The predicted octanol–water partition coefficient (Wildman–Crippen LogP) is 6.95. The van der Waals surface area contributed by atoms with Crippen molar-refractivity contribution in [3.05, 3.63) is 71.8 Å². The van der Waals surface area contributed by atoms with Crippen molar-refractivity contribution in [2.45, 2.75) is 146 Å². The molecule has 0 saturated heterocycles. The first kappa shape index (κ1) is 39.7. The second kappa shape index (κ2) is 18.5. The Bertz CT molecular complexity index is 1250. The summed E-state index contributed by atoms with van der Waals surface area (Å²) in [5, 5.41) is 3.62. The van der Waals surface area contributed by atoms with Gasteiger partial charge in [0.25, 0.3) is 0 Å². The van der Waals surface area contributed by atoms with Crippen LogP contribution in [0.5, 0.6) is 0 Å². The Kier molecular flexibility index (Phi) is 15.0. The Hall–Kier alpha value is -0.467. The summed E-state index contributed by atoms with van der Waals surface area (Å²) < 4.78 is 34.0. The summed E-state index contributed by atoms with van der Waals surface area (Å²) in [6, 6.07) is 15.0. The molecule has 0 amide bonds. The van der Waals surface area contributed by atoms with Gasteiger partial charge < -0.3 is 0 Å². The predicted molar refractivity (Wildman–Crippen MR) is 193 cm³/mol. The first-order valence-corrected chi connectivity index (χ1v) is 23.1. The minimum Gasteiger partial charge on any atom is -0.222 e.